The van der Waals surface area contributed by atoms with Crippen molar-refractivity contribution in [3.63, 3.8) is 0 Å². The van der Waals surface area contributed by atoms with Crippen LogP contribution in [0.1, 0.15) is 24.5 Å². The fourth-order valence-corrected chi connectivity index (χ4v) is 4.40. The molecule has 0 aliphatic carbocycles. The Morgan fingerprint density at radius 2 is 1.86 bits per heavy atom. The summed E-state index contributed by atoms with van der Waals surface area (Å²) < 4.78 is 36.6. The Hall–Kier alpha value is -2.25. The fourth-order valence-electron chi connectivity index (χ4n) is 2.82. The SMILES string of the molecule is CC(C(=O)NCc1ccccc1)S(=O)(=O)Cc1cc(Cl)c2c(c1)OCCCO2. The molecule has 28 heavy (non-hydrogen) atoms. The van der Waals surface area contributed by atoms with Crippen molar-refractivity contribution >= 4 is 27.3 Å². The molecule has 8 heteroatoms. The van der Waals surface area contributed by atoms with Crippen LogP contribution < -0.4 is 14.8 Å². The van der Waals surface area contributed by atoms with Crippen LogP contribution in [0.25, 0.3) is 0 Å². The lowest BCUT2D eigenvalue weighted by atomic mass is 10.2. The van der Waals surface area contributed by atoms with E-state index in [0.717, 1.165) is 12.0 Å². The minimum Gasteiger partial charge on any atom is -0.489 e. The summed E-state index contributed by atoms with van der Waals surface area (Å²) in [5.74, 6) is -0.00170. The van der Waals surface area contributed by atoms with E-state index in [0.29, 0.717) is 35.3 Å². The predicted molar refractivity (Wildman–Crippen MR) is 107 cm³/mol. The minimum atomic E-state index is -3.74. The zero-order chi connectivity index (χ0) is 20.1. The molecule has 1 aliphatic rings. The molecular weight excluding hydrogens is 402 g/mol. The molecule has 1 heterocycles. The monoisotopic (exact) mass is 423 g/mol. The maximum absolute atomic E-state index is 12.7. The number of carbonyl (C=O) groups excluding carboxylic acids is 1. The molecule has 1 atom stereocenters. The molecule has 0 saturated carbocycles. The van der Waals surface area contributed by atoms with Gasteiger partial charge in [-0.05, 0) is 30.2 Å². The number of halogens is 1. The van der Waals surface area contributed by atoms with E-state index in [1.807, 2.05) is 30.3 Å². The van der Waals surface area contributed by atoms with Gasteiger partial charge in [-0.1, -0.05) is 41.9 Å². The quantitative estimate of drug-likeness (QED) is 0.771. The number of fused-ring (bicyclic) bond motifs is 1. The van der Waals surface area contributed by atoms with Crippen molar-refractivity contribution in [1.29, 1.82) is 0 Å². The van der Waals surface area contributed by atoms with Gasteiger partial charge in [0.15, 0.2) is 21.3 Å². The summed E-state index contributed by atoms with van der Waals surface area (Å²) in [7, 11) is -3.74. The molecule has 1 unspecified atom stereocenters. The van der Waals surface area contributed by atoms with E-state index in [9.17, 15) is 13.2 Å². The van der Waals surface area contributed by atoms with Crippen molar-refractivity contribution in [3.8, 4) is 11.5 Å². The summed E-state index contributed by atoms with van der Waals surface area (Å²) in [6, 6.07) is 12.5. The zero-order valence-corrected chi connectivity index (χ0v) is 17.1. The first kappa shape index (κ1) is 20.5. The van der Waals surface area contributed by atoms with E-state index in [1.165, 1.54) is 6.92 Å². The Bertz CT molecular complexity index is 947. The highest BCUT2D eigenvalue weighted by molar-refractivity contribution is 7.92. The van der Waals surface area contributed by atoms with Crippen LogP contribution in [-0.2, 0) is 26.9 Å². The molecule has 6 nitrogen and oxygen atoms in total. The van der Waals surface area contributed by atoms with E-state index >= 15 is 0 Å². The van der Waals surface area contributed by atoms with Gasteiger partial charge in [-0.2, -0.15) is 0 Å². The van der Waals surface area contributed by atoms with Gasteiger partial charge in [0.05, 0.1) is 24.0 Å². The summed E-state index contributed by atoms with van der Waals surface area (Å²) in [4.78, 5) is 12.3. The van der Waals surface area contributed by atoms with Gasteiger partial charge in [-0.25, -0.2) is 8.42 Å². The molecule has 0 radical (unpaired) electrons. The first-order chi connectivity index (χ1) is 13.4. The van der Waals surface area contributed by atoms with Gasteiger partial charge >= 0.3 is 0 Å². The van der Waals surface area contributed by atoms with Crippen molar-refractivity contribution in [2.45, 2.75) is 30.9 Å². The Morgan fingerprint density at radius 3 is 2.61 bits per heavy atom. The van der Waals surface area contributed by atoms with Crippen molar-refractivity contribution in [3.05, 3.63) is 58.6 Å². The Labute approximate surface area is 169 Å². The lowest BCUT2D eigenvalue weighted by molar-refractivity contribution is -0.120. The second-order valence-electron chi connectivity index (χ2n) is 6.61. The number of amides is 1. The third-order valence-electron chi connectivity index (χ3n) is 4.45. The van der Waals surface area contributed by atoms with Crippen LogP contribution in [0.4, 0.5) is 0 Å². The molecule has 2 aromatic rings. The van der Waals surface area contributed by atoms with E-state index in [4.69, 9.17) is 21.1 Å². The third kappa shape index (κ3) is 4.97. The highest BCUT2D eigenvalue weighted by atomic mass is 35.5. The second kappa shape index (κ2) is 8.84. The lowest BCUT2D eigenvalue weighted by Gasteiger charge is -2.15. The molecule has 0 bridgehead atoms. The summed E-state index contributed by atoms with van der Waals surface area (Å²) in [5.41, 5.74) is 1.35. The van der Waals surface area contributed by atoms with Crippen LogP contribution >= 0.6 is 11.6 Å². The first-order valence-electron chi connectivity index (χ1n) is 8.98. The Balaban J connectivity index is 1.69. The molecule has 150 valence electrons. The van der Waals surface area contributed by atoms with Crippen LogP contribution in [0, 0.1) is 0 Å². The molecule has 1 aliphatic heterocycles. The van der Waals surface area contributed by atoms with Gasteiger partial charge in [0.25, 0.3) is 0 Å². The summed E-state index contributed by atoms with van der Waals surface area (Å²) >= 11 is 6.23. The number of hydrogen-bond donors (Lipinski definition) is 1. The van der Waals surface area contributed by atoms with E-state index in [-0.39, 0.29) is 12.3 Å². The molecule has 1 N–H and O–H groups in total. The highest BCUT2D eigenvalue weighted by Crippen LogP contribution is 2.38. The number of carbonyl (C=O) groups is 1. The van der Waals surface area contributed by atoms with Gasteiger partial charge in [-0.3, -0.25) is 4.79 Å². The number of hydrogen-bond acceptors (Lipinski definition) is 5. The van der Waals surface area contributed by atoms with Crippen LogP contribution in [0.3, 0.4) is 0 Å². The van der Waals surface area contributed by atoms with Gasteiger partial charge < -0.3 is 14.8 Å². The molecule has 0 fully saturated rings. The number of nitrogens with one attached hydrogen (secondary N) is 1. The summed E-state index contributed by atoms with van der Waals surface area (Å²) in [6.07, 6.45) is 0.720. The zero-order valence-electron chi connectivity index (χ0n) is 15.5. The van der Waals surface area contributed by atoms with Crippen LogP contribution in [-0.4, -0.2) is 32.8 Å². The maximum atomic E-state index is 12.7. The average Bonchev–Trinajstić information content (AvgIpc) is 2.92. The van der Waals surface area contributed by atoms with E-state index in [1.54, 1.807) is 12.1 Å². The van der Waals surface area contributed by atoms with Gasteiger partial charge in [-0.15, -0.1) is 0 Å². The minimum absolute atomic E-state index is 0.273. The number of benzene rings is 2. The van der Waals surface area contributed by atoms with Crippen LogP contribution in [0.15, 0.2) is 42.5 Å². The number of rotatable bonds is 6. The van der Waals surface area contributed by atoms with Gasteiger partial charge in [0.2, 0.25) is 5.91 Å². The van der Waals surface area contributed by atoms with Gasteiger partial charge in [0, 0.05) is 13.0 Å². The maximum Gasteiger partial charge on any atom is 0.238 e. The van der Waals surface area contributed by atoms with Crippen molar-refractivity contribution < 1.29 is 22.7 Å². The molecular formula is C20H22ClNO5S. The smallest absolute Gasteiger partial charge is 0.238 e. The summed E-state index contributed by atoms with van der Waals surface area (Å²) in [6.45, 7) is 2.62. The average molecular weight is 424 g/mol. The van der Waals surface area contributed by atoms with Crippen molar-refractivity contribution in [2.75, 3.05) is 13.2 Å². The normalized spacial score (nSPS) is 14.8. The van der Waals surface area contributed by atoms with Gasteiger partial charge in [0.1, 0.15) is 5.25 Å². The van der Waals surface area contributed by atoms with Crippen molar-refractivity contribution in [1.82, 2.24) is 5.32 Å². The summed E-state index contributed by atoms with van der Waals surface area (Å²) in [5, 5.41) is 1.78. The van der Waals surface area contributed by atoms with Crippen molar-refractivity contribution in [2.24, 2.45) is 0 Å². The largest absolute Gasteiger partial charge is 0.489 e. The topological polar surface area (TPSA) is 81.7 Å². The molecule has 2 aromatic carbocycles. The first-order valence-corrected chi connectivity index (χ1v) is 11.1. The highest BCUT2D eigenvalue weighted by Gasteiger charge is 2.29. The Morgan fingerprint density at radius 1 is 1.14 bits per heavy atom. The van der Waals surface area contributed by atoms with E-state index in [2.05, 4.69) is 5.32 Å². The standard InChI is InChI=1S/C20H22ClNO5S/c1-14(20(23)22-12-15-6-3-2-4-7-15)28(24,25)13-16-10-17(21)19-18(11-16)26-8-5-9-27-19/h2-4,6-7,10-11,14H,5,8-9,12-13H2,1H3,(H,22,23). The molecule has 0 aromatic heterocycles. The molecule has 0 spiro atoms. The number of sulfone groups is 1. The van der Waals surface area contributed by atoms with Crippen LogP contribution in [0.5, 0.6) is 11.5 Å². The molecule has 0 saturated heterocycles. The number of ether oxygens (including phenoxy) is 2. The third-order valence-corrected chi connectivity index (χ3v) is 6.76. The second-order valence-corrected chi connectivity index (χ2v) is 9.34. The molecule has 1 amide bonds. The predicted octanol–water partition coefficient (Wildman–Crippen LogP) is 3.12. The molecule has 3 rings (SSSR count). The fraction of sp³-hybridized carbons (Fsp3) is 0.350. The Kier molecular flexibility index (Phi) is 6.46. The van der Waals surface area contributed by atoms with Crippen LogP contribution in [0.2, 0.25) is 5.02 Å². The lowest BCUT2D eigenvalue weighted by Crippen LogP contribution is -2.38. The van der Waals surface area contributed by atoms with E-state index < -0.39 is 21.0 Å².